The van der Waals surface area contributed by atoms with E-state index in [1.54, 1.807) is 24.3 Å². The van der Waals surface area contributed by atoms with Crippen LogP contribution in [0.25, 0.3) is 10.8 Å². The Bertz CT molecular complexity index is 895. The van der Waals surface area contributed by atoms with Crippen LogP contribution in [0.4, 0.5) is 11.4 Å². The fraction of sp³-hybridized carbons (Fsp3) is 0.350. The Balaban J connectivity index is 1.92. The molecule has 5 heteroatoms. The molecule has 0 aliphatic heterocycles. The predicted octanol–water partition coefficient (Wildman–Crippen LogP) is 4.92. The number of nitrogens with zero attached hydrogens (tertiary/aromatic N) is 1. The van der Waals surface area contributed by atoms with Crippen molar-refractivity contribution < 1.29 is 9.72 Å². The second-order valence-electron chi connectivity index (χ2n) is 7.49. The van der Waals surface area contributed by atoms with E-state index in [0.29, 0.717) is 16.5 Å². The van der Waals surface area contributed by atoms with Crippen LogP contribution in [0.15, 0.2) is 48.0 Å². The van der Waals surface area contributed by atoms with E-state index < -0.39 is 4.92 Å². The van der Waals surface area contributed by atoms with Crippen molar-refractivity contribution in [2.75, 3.05) is 5.32 Å². The highest BCUT2D eigenvalue weighted by atomic mass is 16.6. The monoisotopic (exact) mass is 338 g/mol. The number of hydrogen-bond donors (Lipinski definition) is 1. The van der Waals surface area contributed by atoms with Crippen molar-refractivity contribution in [3.8, 4) is 0 Å². The minimum atomic E-state index is -0.400. The average molecular weight is 338 g/mol. The fourth-order valence-electron chi connectivity index (χ4n) is 3.61. The molecule has 1 saturated carbocycles. The number of amides is 1. The molecule has 3 rings (SSSR count). The molecule has 130 valence electrons. The number of allylic oxidation sites excluding steroid dienone is 2. The number of hydrogen-bond acceptors (Lipinski definition) is 3. The molecule has 0 radical (unpaired) electrons. The number of fused-ring (bicyclic) bond motifs is 1. The molecule has 0 aromatic heterocycles. The first-order chi connectivity index (χ1) is 11.7. The maximum Gasteiger partial charge on any atom is 0.277 e. The summed E-state index contributed by atoms with van der Waals surface area (Å²) in [7, 11) is 0. The van der Waals surface area contributed by atoms with Crippen LogP contribution in [0.2, 0.25) is 0 Å². The normalized spacial score (nSPS) is 20.8. The van der Waals surface area contributed by atoms with Crippen molar-refractivity contribution in [3.05, 3.63) is 58.2 Å². The van der Waals surface area contributed by atoms with Gasteiger partial charge in [0.2, 0.25) is 5.91 Å². The Hall–Kier alpha value is -2.69. The molecule has 2 atom stereocenters. The van der Waals surface area contributed by atoms with E-state index in [1.807, 2.05) is 19.9 Å². The van der Waals surface area contributed by atoms with Gasteiger partial charge in [-0.1, -0.05) is 43.7 Å². The van der Waals surface area contributed by atoms with Gasteiger partial charge in [0.1, 0.15) is 0 Å². The summed E-state index contributed by atoms with van der Waals surface area (Å²) in [5, 5.41) is 15.4. The second-order valence-corrected chi connectivity index (χ2v) is 7.49. The maximum absolute atomic E-state index is 12.8. The van der Waals surface area contributed by atoms with E-state index in [0.717, 1.165) is 0 Å². The molecule has 5 nitrogen and oxygen atoms in total. The van der Waals surface area contributed by atoms with Gasteiger partial charge in [-0.05, 0) is 37.3 Å². The number of anilines is 1. The van der Waals surface area contributed by atoms with Gasteiger partial charge in [-0.3, -0.25) is 14.9 Å². The third kappa shape index (κ3) is 3.02. The van der Waals surface area contributed by atoms with Crippen LogP contribution < -0.4 is 5.32 Å². The second kappa shape index (κ2) is 5.99. The Morgan fingerprint density at radius 1 is 1.16 bits per heavy atom. The van der Waals surface area contributed by atoms with Gasteiger partial charge < -0.3 is 5.32 Å². The smallest absolute Gasteiger partial charge is 0.277 e. The van der Waals surface area contributed by atoms with E-state index >= 15 is 0 Å². The lowest BCUT2D eigenvalue weighted by Crippen LogP contribution is -2.17. The first kappa shape index (κ1) is 17.1. The topological polar surface area (TPSA) is 72.2 Å². The summed E-state index contributed by atoms with van der Waals surface area (Å²) in [6.07, 6.45) is 2.15. The molecule has 0 bridgehead atoms. The summed E-state index contributed by atoms with van der Waals surface area (Å²) in [4.78, 5) is 23.6. The zero-order valence-electron chi connectivity index (χ0n) is 14.9. The lowest BCUT2D eigenvalue weighted by molar-refractivity contribution is -0.383. The molecule has 1 aliphatic rings. The van der Waals surface area contributed by atoms with Crippen LogP contribution in [0, 0.1) is 27.4 Å². The number of carbonyl (C=O) groups excluding carboxylic acids is 1. The van der Waals surface area contributed by atoms with Gasteiger partial charge >= 0.3 is 0 Å². The molecule has 1 amide bonds. The summed E-state index contributed by atoms with van der Waals surface area (Å²) in [5.41, 5.74) is 1.79. The van der Waals surface area contributed by atoms with Gasteiger partial charge in [0, 0.05) is 17.1 Å². The van der Waals surface area contributed by atoms with Crippen LogP contribution in [0.1, 0.15) is 27.7 Å². The van der Waals surface area contributed by atoms with Crippen molar-refractivity contribution in [3.63, 3.8) is 0 Å². The van der Waals surface area contributed by atoms with Crippen molar-refractivity contribution in [1.82, 2.24) is 0 Å². The fourth-order valence-corrected chi connectivity index (χ4v) is 3.61. The van der Waals surface area contributed by atoms with E-state index in [4.69, 9.17) is 0 Å². The molecule has 0 saturated heterocycles. The molecule has 2 unspecified atom stereocenters. The molecular formula is C20H22N2O3. The van der Waals surface area contributed by atoms with Crippen molar-refractivity contribution in [2.45, 2.75) is 27.7 Å². The highest BCUT2D eigenvalue weighted by Crippen LogP contribution is 2.59. The Morgan fingerprint density at radius 3 is 2.40 bits per heavy atom. The van der Waals surface area contributed by atoms with E-state index in [9.17, 15) is 14.9 Å². The van der Waals surface area contributed by atoms with Gasteiger partial charge in [0.15, 0.2) is 0 Å². The molecule has 0 spiro atoms. The number of carbonyl (C=O) groups is 1. The van der Waals surface area contributed by atoms with Crippen molar-refractivity contribution >= 4 is 28.1 Å². The van der Waals surface area contributed by atoms with E-state index in [1.165, 1.54) is 11.6 Å². The zero-order valence-corrected chi connectivity index (χ0v) is 14.9. The first-order valence-corrected chi connectivity index (χ1v) is 8.35. The average Bonchev–Trinajstić information content (AvgIpc) is 3.07. The molecule has 1 fully saturated rings. The van der Waals surface area contributed by atoms with Crippen LogP contribution in [0.3, 0.4) is 0 Å². The maximum atomic E-state index is 12.8. The summed E-state index contributed by atoms with van der Waals surface area (Å²) in [6, 6.07) is 10.1. The number of benzene rings is 2. The van der Waals surface area contributed by atoms with Crippen LogP contribution in [0.5, 0.6) is 0 Å². The van der Waals surface area contributed by atoms with Gasteiger partial charge in [0.05, 0.1) is 16.2 Å². The van der Waals surface area contributed by atoms with E-state index in [-0.39, 0.29) is 28.8 Å². The molecule has 2 aromatic rings. The highest BCUT2D eigenvalue weighted by Gasteiger charge is 2.60. The van der Waals surface area contributed by atoms with Gasteiger partial charge in [0.25, 0.3) is 5.69 Å². The summed E-state index contributed by atoms with van der Waals surface area (Å²) < 4.78 is 0. The number of nitro benzene ring substituents is 1. The molecule has 1 aliphatic carbocycles. The third-order valence-electron chi connectivity index (χ3n) is 5.06. The molecule has 2 aromatic carbocycles. The van der Waals surface area contributed by atoms with Gasteiger partial charge in [-0.25, -0.2) is 0 Å². The lowest BCUT2D eigenvalue weighted by atomic mass is 10.1. The first-order valence-electron chi connectivity index (χ1n) is 8.35. The molecule has 25 heavy (non-hydrogen) atoms. The van der Waals surface area contributed by atoms with E-state index in [2.05, 4.69) is 25.2 Å². The molecule has 1 N–H and O–H groups in total. The lowest BCUT2D eigenvalue weighted by Gasteiger charge is -2.10. The molecular weight excluding hydrogens is 316 g/mol. The Kier molecular flexibility index (Phi) is 4.11. The quantitative estimate of drug-likeness (QED) is 0.488. The number of rotatable bonds is 4. The summed E-state index contributed by atoms with van der Waals surface area (Å²) in [5.74, 6) is 0.102. The summed E-state index contributed by atoms with van der Waals surface area (Å²) in [6.45, 7) is 8.25. The zero-order chi connectivity index (χ0) is 18.4. The predicted molar refractivity (Wildman–Crippen MR) is 99.4 cm³/mol. The Morgan fingerprint density at radius 2 is 1.80 bits per heavy atom. The van der Waals surface area contributed by atoms with Crippen molar-refractivity contribution in [2.24, 2.45) is 17.3 Å². The third-order valence-corrected chi connectivity index (χ3v) is 5.06. The number of nitrogens with one attached hydrogen (secondary N) is 1. The van der Waals surface area contributed by atoms with Gasteiger partial charge in [-0.15, -0.1) is 0 Å². The SMILES string of the molecule is CC(C)=CC1C(C(=O)Nc2ccc([N+](=O)[O-])c3ccccc23)C1(C)C. The van der Waals surface area contributed by atoms with Crippen LogP contribution in [-0.2, 0) is 4.79 Å². The molecule has 0 heterocycles. The van der Waals surface area contributed by atoms with Crippen LogP contribution in [-0.4, -0.2) is 10.8 Å². The Labute approximate surface area is 146 Å². The minimum Gasteiger partial charge on any atom is -0.325 e. The van der Waals surface area contributed by atoms with Gasteiger partial charge in [-0.2, -0.15) is 0 Å². The largest absolute Gasteiger partial charge is 0.325 e. The summed E-state index contributed by atoms with van der Waals surface area (Å²) >= 11 is 0. The standard InChI is InChI=1S/C20H22N2O3/c1-12(2)11-15-18(20(15,3)4)19(23)21-16-9-10-17(22(24)25)14-8-6-5-7-13(14)16/h5-11,15,18H,1-4H3,(H,21,23). The highest BCUT2D eigenvalue weighted by molar-refractivity contribution is 6.06. The number of non-ortho nitro benzene ring substituents is 1. The minimum absolute atomic E-state index is 0.0356. The number of nitro groups is 1. The van der Waals surface area contributed by atoms with Crippen molar-refractivity contribution in [1.29, 1.82) is 0 Å². The van der Waals surface area contributed by atoms with Crippen LogP contribution >= 0.6 is 0 Å².